The molecule has 0 bridgehead atoms. The molecule has 1 amide bonds. The molecule has 1 aliphatic heterocycles. The van der Waals surface area contributed by atoms with Crippen LogP contribution in [0.25, 0.3) is 0 Å². The molecule has 1 aliphatic rings. The van der Waals surface area contributed by atoms with Crippen molar-refractivity contribution in [1.29, 1.82) is 0 Å². The fraction of sp³-hybridized carbons (Fsp3) is 0.632. The molecular weight excluding hydrogens is 272 g/mol. The van der Waals surface area contributed by atoms with Gasteiger partial charge in [0, 0.05) is 12.1 Å². The number of piperidine rings is 1. The molecule has 0 atom stereocenters. The van der Waals surface area contributed by atoms with E-state index in [1.54, 1.807) is 0 Å². The molecular formula is C19H30N2O. The molecule has 0 unspecified atom stereocenters. The summed E-state index contributed by atoms with van der Waals surface area (Å²) in [6.45, 7) is 10.9. The van der Waals surface area contributed by atoms with Gasteiger partial charge in [0.1, 0.15) is 0 Å². The van der Waals surface area contributed by atoms with E-state index in [0.717, 1.165) is 31.6 Å². The third-order valence-corrected chi connectivity index (χ3v) is 4.57. The van der Waals surface area contributed by atoms with E-state index >= 15 is 0 Å². The normalized spacial score (nSPS) is 16.3. The third-order valence-electron chi connectivity index (χ3n) is 4.57. The highest BCUT2D eigenvalue weighted by Crippen LogP contribution is 2.29. The van der Waals surface area contributed by atoms with Crippen LogP contribution in [-0.2, 0) is 4.79 Å². The minimum absolute atomic E-state index is 0.158. The van der Waals surface area contributed by atoms with E-state index in [-0.39, 0.29) is 5.91 Å². The van der Waals surface area contributed by atoms with E-state index in [2.05, 4.69) is 56.5 Å². The number of carbonyl (C=O) groups excluding carboxylic acids is 1. The zero-order chi connectivity index (χ0) is 16.1. The average Bonchev–Trinajstić information content (AvgIpc) is 2.48. The van der Waals surface area contributed by atoms with Crippen LogP contribution < -0.4 is 10.6 Å². The standard InChI is InChI=1S/C19H30N2O/c1-13(2)16-5-6-18(17(12-16)14(3)4)21-19(22)11-15-7-9-20-10-8-15/h5-6,12-15,20H,7-11H2,1-4H3,(H,21,22). The Labute approximate surface area is 134 Å². The molecule has 122 valence electrons. The minimum Gasteiger partial charge on any atom is -0.326 e. The lowest BCUT2D eigenvalue weighted by molar-refractivity contribution is -0.117. The maximum atomic E-state index is 12.3. The highest BCUT2D eigenvalue weighted by Gasteiger charge is 2.18. The molecule has 1 heterocycles. The second kappa shape index (κ2) is 7.77. The number of hydrogen-bond donors (Lipinski definition) is 2. The van der Waals surface area contributed by atoms with Crippen LogP contribution in [0, 0.1) is 5.92 Å². The summed E-state index contributed by atoms with van der Waals surface area (Å²) < 4.78 is 0. The van der Waals surface area contributed by atoms with Crippen molar-refractivity contribution in [2.45, 2.75) is 58.8 Å². The zero-order valence-corrected chi connectivity index (χ0v) is 14.4. The summed E-state index contributed by atoms with van der Waals surface area (Å²) in [4.78, 5) is 12.3. The number of anilines is 1. The Morgan fingerprint density at radius 2 is 1.86 bits per heavy atom. The van der Waals surface area contributed by atoms with E-state index in [1.165, 1.54) is 11.1 Å². The molecule has 0 aliphatic carbocycles. The quantitative estimate of drug-likeness (QED) is 0.853. The lowest BCUT2D eigenvalue weighted by Crippen LogP contribution is -2.30. The lowest BCUT2D eigenvalue weighted by atomic mass is 9.93. The Morgan fingerprint density at radius 3 is 2.45 bits per heavy atom. The van der Waals surface area contributed by atoms with Gasteiger partial charge in [-0.15, -0.1) is 0 Å². The van der Waals surface area contributed by atoms with Gasteiger partial charge < -0.3 is 10.6 Å². The monoisotopic (exact) mass is 302 g/mol. The molecule has 0 spiro atoms. The summed E-state index contributed by atoms with van der Waals surface area (Å²) >= 11 is 0. The van der Waals surface area contributed by atoms with Crippen LogP contribution >= 0.6 is 0 Å². The molecule has 0 saturated carbocycles. The van der Waals surface area contributed by atoms with Crippen molar-refractivity contribution in [2.75, 3.05) is 18.4 Å². The van der Waals surface area contributed by atoms with E-state index in [9.17, 15) is 4.79 Å². The summed E-state index contributed by atoms with van der Waals surface area (Å²) in [5.74, 6) is 1.61. The molecule has 0 radical (unpaired) electrons. The predicted octanol–water partition coefficient (Wildman–Crippen LogP) is 4.26. The zero-order valence-electron chi connectivity index (χ0n) is 14.4. The predicted molar refractivity (Wildman–Crippen MR) is 93.5 cm³/mol. The van der Waals surface area contributed by atoms with Gasteiger partial charge in [0.25, 0.3) is 0 Å². The van der Waals surface area contributed by atoms with Crippen molar-refractivity contribution in [1.82, 2.24) is 5.32 Å². The van der Waals surface area contributed by atoms with Crippen molar-refractivity contribution >= 4 is 11.6 Å². The fourth-order valence-electron chi connectivity index (χ4n) is 3.08. The molecule has 22 heavy (non-hydrogen) atoms. The van der Waals surface area contributed by atoms with Crippen LogP contribution in [0.3, 0.4) is 0 Å². The molecule has 0 aromatic heterocycles. The van der Waals surface area contributed by atoms with Crippen LogP contribution in [0.15, 0.2) is 18.2 Å². The van der Waals surface area contributed by atoms with Crippen molar-refractivity contribution in [2.24, 2.45) is 5.92 Å². The van der Waals surface area contributed by atoms with Crippen molar-refractivity contribution in [3.8, 4) is 0 Å². The van der Waals surface area contributed by atoms with Crippen molar-refractivity contribution in [3.05, 3.63) is 29.3 Å². The molecule has 3 nitrogen and oxygen atoms in total. The van der Waals surface area contributed by atoms with Crippen LogP contribution in [0.5, 0.6) is 0 Å². The second-order valence-corrected chi connectivity index (χ2v) is 7.10. The van der Waals surface area contributed by atoms with E-state index < -0.39 is 0 Å². The van der Waals surface area contributed by atoms with Crippen LogP contribution in [-0.4, -0.2) is 19.0 Å². The number of amides is 1. The second-order valence-electron chi connectivity index (χ2n) is 7.10. The topological polar surface area (TPSA) is 41.1 Å². The number of carbonyl (C=O) groups is 1. The van der Waals surface area contributed by atoms with Crippen molar-refractivity contribution in [3.63, 3.8) is 0 Å². The molecule has 1 aromatic rings. The highest BCUT2D eigenvalue weighted by atomic mass is 16.1. The van der Waals surface area contributed by atoms with E-state index in [1.807, 2.05) is 0 Å². The number of rotatable bonds is 5. The Balaban J connectivity index is 2.05. The fourth-order valence-corrected chi connectivity index (χ4v) is 3.08. The summed E-state index contributed by atoms with van der Waals surface area (Å²) in [6.07, 6.45) is 2.86. The smallest absolute Gasteiger partial charge is 0.224 e. The Morgan fingerprint density at radius 1 is 1.18 bits per heavy atom. The number of benzene rings is 1. The van der Waals surface area contributed by atoms with Gasteiger partial charge >= 0.3 is 0 Å². The Hall–Kier alpha value is -1.35. The van der Waals surface area contributed by atoms with Gasteiger partial charge in [0.15, 0.2) is 0 Å². The molecule has 1 aromatic carbocycles. The molecule has 1 saturated heterocycles. The summed E-state index contributed by atoms with van der Waals surface area (Å²) in [6, 6.07) is 6.46. The van der Waals surface area contributed by atoms with Gasteiger partial charge in [0.2, 0.25) is 5.91 Å². The first-order valence-electron chi connectivity index (χ1n) is 8.61. The lowest BCUT2D eigenvalue weighted by Gasteiger charge is -2.23. The first-order chi connectivity index (χ1) is 10.5. The van der Waals surface area contributed by atoms with Gasteiger partial charge in [-0.25, -0.2) is 0 Å². The van der Waals surface area contributed by atoms with E-state index in [0.29, 0.717) is 24.2 Å². The summed E-state index contributed by atoms with van der Waals surface area (Å²) in [5.41, 5.74) is 3.56. The van der Waals surface area contributed by atoms with Gasteiger partial charge in [-0.3, -0.25) is 4.79 Å². The Kier molecular flexibility index (Phi) is 6.01. The molecule has 1 fully saturated rings. The van der Waals surface area contributed by atoms with E-state index in [4.69, 9.17) is 0 Å². The first kappa shape index (κ1) is 17.0. The maximum absolute atomic E-state index is 12.3. The van der Waals surface area contributed by atoms with Crippen LogP contribution in [0.4, 0.5) is 5.69 Å². The SMILES string of the molecule is CC(C)c1ccc(NC(=O)CC2CCNCC2)c(C(C)C)c1. The van der Waals surface area contributed by atoms with Gasteiger partial charge in [0.05, 0.1) is 0 Å². The number of hydrogen-bond acceptors (Lipinski definition) is 2. The Bertz CT molecular complexity index is 502. The van der Waals surface area contributed by atoms with Crippen LogP contribution in [0.2, 0.25) is 0 Å². The average molecular weight is 302 g/mol. The molecule has 2 rings (SSSR count). The summed E-state index contributed by atoms with van der Waals surface area (Å²) in [5, 5.41) is 6.49. The highest BCUT2D eigenvalue weighted by molar-refractivity contribution is 5.91. The van der Waals surface area contributed by atoms with Crippen LogP contribution in [0.1, 0.15) is 69.9 Å². The van der Waals surface area contributed by atoms with Gasteiger partial charge in [-0.1, -0.05) is 39.8 Å². The van der Waals surface area contributed by atoms with Gasteiger partial charge in [-0.05, 0) is 60.9 Å². The molecule has 2 N–H and O–H groups in total. The third kappa shape index (κ3) is 4.57. The molecule has 3 heteroatoms. The minimum atomic E-state index is 0.158. The first-order valence-corrected chi connectivity index (χ1v) is 8.61. The number of nitrogens with one attached hydrogen (secondary N) is 2. The van der Waals surface area contributed by atoms with Crippen molar-refractivity contribution < 1.29 is 4.79 Å². The summed E-state index contributed by atoms with van der Waals surface area (Å²) in [7, 11) is 0. The van der Waals surface area contributed by atoms with Gasteiger partial charge in [-0.2, -0.15) is 0 Å². The largest absolute Gasteiger partial charge is 0.326 e. The maximum Gasteiger partial charge on any atom is 0.224 e.